The molecular formula is C14H23N3O3S. The van der Waals surface area contributed by atoms with E-state index in [4.69, 9.17) is 0 Å². The normalized spacial score (nSPS) is 12.2. The predicted molar refractivity (Wildman–Crippen MR) is 83.9 cm³/mol. The number of hydrogen-bond acceptors (Lipinski definition) is 5. The molecule has 0 saturated carbocycles. The van der Waals surface area contributed by atoms with Crippen LogP contribution in [-0.4, -0.2) is 44.7 Å². The molecule has 0 aliphatic heterocycles. The molecule has 0 spiro atoms. The van der Waals surface area contributed by atoms with Crippen LogP contribution in [-0.2, 0) is 4.79 Å². The lowest BCUT2D eigenvalue weighted by Crippen LogP contribution is -2.32. The van der Waals surface area contributed by atoms with Crippen molar-refractivity contribution in [2.75, 3.05) is 18.8 Å². The molecular weight excluding hydrogens is 290 g/mol. The van der Waals surface area contributed by atoms with Gasteiger partial charge in [0.25, 0.3) is 5.56 Å². The van der Waals surface area contributed by atoms with Crippen molar-refractivity contribution in [3.63, 3.8) is 0 Å². The van der Waals surface area contributed by atoms with Crippen molar-refractivity contribution in [1.82, 2.24) is 14.9 Å². The van der Waals surface area contributed by atoms with Crippen molar-refractivity contribution in [1.29, 1.82) is 0 Å². The minimum absolute atomic E-state index is 0.0156. The summed E-state index contributed by atoms with van der Waals surface area (Å²) >= 11 is 1.13. The van der Waals surface area contributed by atoms with Gasteiger partial charge in [0.05, 0.1) is 11.3 Å². The third kappa shape index (κ3) is 4.49. The number of aromatic nitrogens is 2. The monoisotopic (exact) mass is 313 g/mol. The number of amides is 1. The van der Waals surface area contributed by atoms with Crippen LogP contribution < -0.4 is 5.56 Å². The fourth-order valence-corrected chi connectivity index (χ4v) is 2.72. The highest BCUT2D eigenvalue weighted by Gasteiger charge is 2.17. The fourth-order valence-electron chi connectivity index (χ4n) is 1.96. The Morgan fingerprint density at radius 2 is 2.00 bits per heavy atom. The Morgan fingerprint density at radius 3 is 2.48 bits per heavy atom. The van der Waals surface area contributed by atoms with Crippen molar-refractivity contribution < 1.29 is 9.90 Å². The second kappa shape index (κ2) is 8.07. The first kappa shape index (κ1) is 17.6. The van der Waals surface area contributed by atoms with Crippen molar-refractivity contribution in [2.24, 2.45) is 0 Å². The number of nitrogens with one attached hydrogen (secondary N) is 1. The first-order valence-electron chi connectivity index (χ1n) is 7.18. The zero-order valence-electron chi connectivity index (χ0n) is 13.0. The van der Waals surface area contributed by atoms with E-state index in [1.54, 1.807) is 4.90 Å². The zero-order valence-corrected chi connectivity index (χ0v) is 13.8. The molecule has 0 aliphatic rings. The highest BCUT2D eigenvalue weighted by Crippen LogP contribution is 2.24. The second-order valence-corrected chi connectivity index (χ2v) is 5.74. The van der Waals surface area contributed by atoms with Gasteiger partial charge in [-0.3, -0.25) is 9.59 Å². The number of aromatic hydroxyl groups is 1. The molecule has 1 atom stereocenters. The molecule has 1 aromatic heterocycles. The molecule has 0 aromatic carbocycles. The molecule has 1 amide bonds. The number of H-pyrrole nitrogens is 1. The Hall–Kier alpha value is -1.50. The Kier molecular flexibility index (Phi) is 6.74. The smallest absolute Gasteiger partial charge is 0.258 e. The van der Waals surface area contributed by atoms with Crippen molar-refractivity contribution in [3.8, 4) is 5.88 Å². The van der Waals surface area contributed by atoms with E-state index in [9.17, 15) is 14.7 Å². The maximum atomic E-state index is 12.0. The van der Waals surface area contributed by atoms with Crippen LogP contribution in [0, 0.1) is 0 Å². The number of hydrogen-bond donors (Lipinski definition) is 2. The van der Waals surface area contributed by atoms with E-state index in [0.717, 1.165) is 18.2 Å². The molecule has 2 N–H and O–H groups in total. The van der Waals surface area contributed by atoms with E-state index in [1.807, 2.05) is 27.7 Å². The number of rotatable bonds is 7. The SMILES string of the molecule is CC[C@H](C)c1c(O)nc(SCC(=O)N(CC)CC)[nH]c1=O. The Balaban J connectivity index is 2.83. The van der Waals surface area contributed by atoms with Gasteiger partial charge in [0.15, 0.2) is 5.16 Å². The minimum atomic E-state index is -0.338. The van der Waals surface area contributed by atoms with Crippen LogP contribution >= 0.6 is 11.8 Å². The number of carbonyl (C=O) groups excluding carboxylic acids is 1. The summed E-state index contributed by atoms with van der Waals surface area (Å²) in [6, 6.07) is 0. The van der Waals surface area contributed by atoms with Crippen LogP contribution in [0.25, 0.3) is 0 Å². The summed E-state index contributed by atoms with van der Waals surface area (Å²) in [6.07, 6.45) is 0.741. The lowest BCUT2D eigenvalue weighted by atomic mass is 10.0. The van der Waals surface area contributed by atoms with Crippen LogP contribution in [0.1, 0.15) is 45.6 Å². The van der Waals surface area contributed by atoms with E-state index in [1.165, 1.54) is 0 Å². The third-order valence-electron chi connectivity index (χ3n) is 3.47. The third-order valence-corrected chi connectivity index (χ3v) is 4.33. The van der Waals surface area contributed by atoms with Gasteiger partial charge in [-0.1, -0.05) is 25.6 Å². The molecule has 21 heavy (non-hydrogen) atoms. The summed E-state index contributed by atoms with van der Waals surface area (Å²) in [5, 5.41) is 10.2. The Morgan fingerprint density at radius 1 is 1.38 bits per heavy atom. The summed E-state index contributed by atoms with van der Waals surface area (Å²) in [7, 11) is 0. The van der Waals surface area contributed by atoms with E-state index >= 15 is 0 Å². The van der Waals surface area contributed by atoms with E-state index in [2.05, 4.69) is 9.97 Å². The van der Waals surface area contributed by atoms with Crippen LogP contribution in [0.3, 0.4) is 0 Å². The average Bonchev–Trinajstić information content (AvgIpc) is 2.45. The Labute approximate surface area is 129 Å². The lowest BCUT2D eigenvalue weighted by Gasteiger charge is -2.18. The van der Waals surface area contributed by atoms with Gasteiger partial charge in [0, 0.05) is 13.1 Å². The molecule has 0 radical (unpaired) electrons. The highest BCUT2D eigenvalue weighted by molar-refractivity contribution is 7.99. The van der Waals surface area contributed by atoms with E-state index < -0.39 is 0 Å². The zero-order chi connectivity index (χ0) is 16.0. The molecule has 6 nitrogen and oxygen atoms in total. The van der Waals surface area contributed by atoms with Gasteiger partial charge in [-0.15, -0.1) is 0 Å². The number of nitrogens with zero attached hydrogens (tertiary/aromatic N) is 2. The Bertz CT molecular complexity index is 541. The largest absolute Gasteiger partial charge is 0.493 e. The van der Waals surface area contributed by atoms with Crippen molar-refractivity contribution >= 4 is 17.7 Å². The maximum Gasteiger partial charge on any atom is 0.258 e. The maximum absolute atomic E-state index is 12.0. The van der Waals surface area contributed by atoms with Crippen molar-refractivity contribution in [3.05, 3.63) is 15.9 Å². The van der Waals surface area contributed by atoms with Gasteiger partial charge in [-0.05, 0) is 26.2 Å². The average molecular weight is 313 g/mol. The van der Waals surface area contributed by atoms with Crippen molar-refractivity contribution in [2.45, 2.75) is 45.2 Å². The molecule has 118 valence electrons. The lowest BCUT2D eigenvalue weighted by molar-refractivity contribution is -0.127. The quantitative estimate of drug-likeness (QED) is 0.593. The summed E-state index contributed by atoms with van der Waals surface area (Å²) < 4.78 is 0. The van der Waals surface area contributed by atoms with E-state index in [-0.39, 0.29) is 34.2 Å². The summed E-state index contributed by atoms with van der Waals surface area (Å²) in [4.78, 5) is 32.2. The standard InChI is InChI=1S/C14H23N3O3S/c1-5-9(4)11-12(19)15-14(16-13(11)20)21-8-10(18)17(6-2)7-3/h9H,5-8H2,1-4H3,(H2,15,16,19,20)/t9-/m0/s1. The van der Waals surface area contributed by atoms with Crippen LogP contribution in [0.15, 0.2) is 9.95 Å². The second-order valence-electron chi connectivity index (χ2n) is 4.77. The number of thioether (sulfide) groups is 1. The minimum Gasteiger partial charge on any atom is -0.493 e. The van der Waals surface area contributed by atoms with Gasteiger partial charge < -0.3 is 15.0 Å². The molecule has 0 saturated heterocycles. The summed E-state index contributed by atoms with van der Waals surface area (Å²) in [6.45, 7) is 8.94. The molecule has 1 heterocycles. The topological polar surface area (TPSA) is 86.3 Å². The molecule has 0 fully saturated rings. The van der Waals surface area contributed by atoms with Crippen LogP contribution in [0.5, 0.6) is 5.88 Å². The van der Waals surface area contributed by atoms with Crippen LogP contribution in [0.2, 0.25) is 0 Å². The van der Waals surface area contributed by atoms with Gasteiger partial charge in [0.2, 0.25) is 11.8 Å². The fraction of sp³-hybridized carbons (Fsp3) is 0.643. The number of aromatic amines is 1. The first-order chi connectivity index (χ1) is 9.94. The summed E-state index contributed by atoms with van der Waals surface area (Å²) in [5.41, 5.74) is -0.0356. The van der Waals surface area contributed by atoms with Gasteiger partial charge in [-0.25, -0.2) is 0 Å². The van der Waals surface area contributed by atoms with Crippen LogP contribution in [0.4, 0.5) is 0 Å². The number of carbonyl (C=O) groups is 1. The molecule has 0 bridgehead atoms. The molecule has 0 aliphatic carbocycles. The molecule has 1 aromatic rings. The predicted octanol–water partition coefficient (Wildman–Crippen LogP) is 1.95. The highest BCUT2D eigenvalue weighted by atomic mass is 32.2. The van der Waals surface area contributed by atoms with Gasteiger partial charge in [0.1, 0.15) is 0 Å². The van der Waals surface area contributed by atoms with Gasteiger partial charge >= 0.3 is 0 Å². The summed E-state index contributed by atoms with van der Waals surface area (Å²) in [5.74, 6) is -0.131. The molecule has 1 rings (SSSR count). The van der Waals surface area contributed by atoms with Gasteiger partial charge in [-0.2, -0.15) is 4.98 Å². The van der Waals surface area contributed by atoms with E-state index in [0.29, 0.717) is 18.7 Å². The first-order valence-corrected chi connectivity index (χ1v) is 8.16. The molecule has 0 unspecified atom stereocenters. The molecule has 7 heteroatoms.